The van der Waals surface area contributed by atoms with Crippen LogP contribution >= 0.6 is 0 Å². The number of hydrogen-bond acceptors (Lipinski definition) is 4. The van der Waals surface area contributed by atoms with E-state index in [2.05, 4.69) is 9.88 Å². The normalized spacial score (nSPS) is 15.8. The van der Waals surface area contributed by atoms with E-state index in [0.29, 0.717) is 11.1 Å². The molecule has 0 unspecified atom stereocenters. The lowest BCUT2D eigenvalue weighted by Crippen LogP contribution is -2.37. The molecule has 1 N–H and O–H groups in total. The Labute approximate surface area is 168 Å². The number of Topliss-reactive ketones (excluding diaryl/α,β-unsaturated/α-hetero) is 1. The van der Waals surface area contributed by atoms with Crippen molar-refractivity contribution >= 4 is 16.9 Å². The number of rotatable bonds is 7. The number of hydrogen-bond donors (Lipinski definition) is 1. The number of unbranched alkanes of at least 4 members (excludes halogenated alkanes) is 1. The van der Waals surface area contributed by atoms with Gasteiger partial charge in [-0.15, -0.1) is 0 Å². The molecule has 1 aliphatic rings. The van der Waals surface area contributed by atoms with Crippen molar-refractivity contribution in [2.24, 2.45) is 5.92 Å². The molecule has 0 bridgehead atoms. The Hall–Kier alpha value is -2.73. The number of fused-ring (bicyclic) bond motifs is 1. The minimum atomic E-state index is -0.418. The summed E-state index contributed by atoms with van der Waals surface area (Å²) in [6.07, 6.45) is 4.82. The van der Waals surface area contributed by atoms with Crippen molar-refractivity contribution < 1.29 is 13.6 Å². The maximum Gasteiger partial charge on any atom is 0.417 e. The first-order chi connectivity index (χ1) is 14.1. The van der Waals surface area contributed by atoms with Crippen LogP contribution in [0.25, 0.3) is 11.1 Å². The molecule has 1 aromatic heterocycles. The Balaban J connectivity index is 1.19. The zero-order valence-electron chi connectivity index (χ0n) is 16.3. The Morgan fingerprint density at radius 1 is 1.10 bits per heavy atom. The van der Waals surface area contributed by atoms with E-state index in [1.54, 1.807) is 12.1 Å². The first-order valence-corrected chi connectivity index (χ1v) is 10.2. The van der Waals surface area contributed by atoms with Gasteiger partial charge in [0.2, 0.25) is 0 Å². The van der Waals surface area contributed by atoms with Gasteiger partial charge in [-0.05, 0) is 93.7 Å². The van der Waals surface area contributed by atoms with Gasteiger partial charge in [0.1, 0.15) is 5.82 Å². The van der Waals surface area contributed by atoms with Crippen LogP contribution in [0.15, 0.2) is 51.7 Å². The number of ketones is 1. The lowest BCUT2D eigenvalue weighted by molar-refractivity contribution is 0.0839. The summed E-state index contributed by atoms with van der Waals surface area (Å²) >= 11 is 0. The molecular formula is C23H25FN2O3. The van der Waals surface area contributed by atoms with Gasteiger partial charge < -0.3 is 9.32 Å². The van der Waals surface area contributed by atoms with Crippen LogP contribution in [0.1, 0.15) is 41.6 Å². The highest BCUT2D eigenvalue weighted by molar-refractivity contribution is 5.97. The molecule has 0 spiro atoms. The van der Waals surface area contributed by atoms with Crippen molar-refractivity contribution in [1.29, 1.82) is 0 Å². The van der Waals surface area contributed by atoms with Crippen molar-refractivity contribution in [1.82, 2.24) is 9.88 Å². The number of aromatic nitrogens is 1. The lowest BCUT2D eigenvalue weighted by atomic mass is 9.89. The molecule has 2 aromatic carbocycles. The molecule has 2 heterocycles. The number of oxazole rings is 1. The number of benzene rings is 2. The number of carbonyl (C=O) groups excluding carboxylic acids is 1. The second-order valence-electron chi connectivity index (χ2n) is 7.79. The molecule has 4 rings (SSSR count). The predicted octanol–water partition coefficient (Wildman–Crippen LogP) is 4.18. The molecule has 3 aromatic rings. The molecule has 1 saturated heterocycles. The van der Waals surface area contributed by atoms with Crippen LogP contribution in [-0.4, -0.2) is 35.3 Å². The van der Waals surface area contributed by atoms with Gasteiger partial charge in [-0.2, -0.15) is 0 Å². The van der Waals surface area contributed by atoms with Gasteiger partial charge in [0.05, 0.1) is 5.52 Å². The average molecular weight is 396 g/mol. The molecule has 0 amide bonds. The highest BCUT2D eigenvalue weighted by Crippen LogP contribution is 2.22. The number of aromatic amines is 1. The minimum absolute atomic E-state index is 0.0412. The Morgan fingerprint density at radius 3 is 2.62 bits per heavy atom. The third-order valence-corrected chi connectivity index (χ3v) is 5.76. The first-order valence-electron chi connectivity index (χ1n) is 10.2. The van der Waals surface area contributed by atoms with E-state index in [-0.39, 0.29) is 17.5 Å². The topological polar surface area (TPSA) is 66.3 Å². The number of nitrogens with one attached hydrogen (secondary N) is 1. The average Bonchev–Trinajstić information content (AvgIpc) is 3.11. The SMILES string of the molecule is O=C(c1ccc(F)cc1)C1CCN(CCCCc2ccc3[nH]c(=O)oc3c2)CC1. The summed E-state index contributed by atoms with van der Waals surface area (Å²) in [5.74, 6) is -0.553. The van der Waals surface area contributed by atoms with E-state index in [1.807, 2.05) is 18.2 Å². The van der Waals surface area contributed by atoms with E-state index < -0.39 is 5.76 Å². The Morgan fingerprint density at radius 2 is 1.86 bits per heavy atom. The number of likely N-dealkylation sites (tertiary alicyclic amines) is 1. The van der Waals surface area contributed by atoms with Crippen LogP contribution in [0.3, 0.4) is 0 Å². The van der Waals surface area contributed by atoms with Gasteiger partial charge >= 0.3 is 5.76 Å². The molecule has 0 aliphatic carbocycles. The van der Waals surface area contributed by atoms with Crippen LogP contribution in [0.5, 0.6) is 0 Å². The Bertz CT molecular complexity index is 1030. The van der Waals surface area contributed by atoms with Crippen molar-refractivity contribution in [3.05, 3.63) is 70.0 Å². The summed E-state index contributed by atoms with van der Waals surface area (Å²) < 4.78 is 18.1. The third kappa shape index (κ3) is 4.82. The number of piperidine rings is 1. The first kappa shape index (κ1) is 19.6. The summed E-state index contributed by atoms with van der Waals surface area (Å²) in [7, 11) is 0. The van der Waals surface area contributed by atoms with Gasteiger partial charge in [-0.3, -0.25) is 9.78 Å². The molecule has 0 atom stereocenters. The van der Waals surface area contributed by atoms with Crippen LogP contribution in [0.4, 0.5) is 4.39 Å². The fourth-order valence-electron chi connectivity index (χ4n) is 4.08. The van der Waals surface area contributed by atoms with Crippen molar-refractivity contribution in [2.45, 2.75) is 32.1 Å². The summed E-state index contributed by atoms with van der Waals surface area (Å²) in [5.41, 5.74) is 3.13. The molecule has 1 aliphatic heterocycles. The fourth-order valence-corrected chi connectivity index (χ4v) is 4.08. The van der Waals surface area contributed by atoms with Crippen LogP contribution < -0.4 is 5.76 Å². The molecule has 6 heteroatoms. The monoisotopic (exact) mass is 396 g/mol. The van der Waals surface area contributed by atoms with Gasteiger partial charge in [-0.1, -0.05) is 6.07 Å². The smallest absolute Gasteiger partial charge is 0.408 e. The molecule has 0 saturated carbocycles. The number of aryl methyl sites for hydroxylation is 1. The Kier molecular flexibility index (Phi) is 5.90. The fraction of sp³-hybridized carbons (Fsp3) is 0.391. The highest BCUT2D eigenvalue weighted by Gasteiger charge is 2.25. The minimum Gasteiger partial charge on any atom is -0.408 e. The quantitative estimate of drug-likeness (QED) is 0.481. The number of H-pyrrole nitrogens is 1. The van der Waals surface area contributed by atoms with Crippen LogP contribution in [0, 0.1) is 11.7 Å². The zero-order chi connectivity index (χ0) is 20.2. The van der Waals surface area contributed by atoms with Gasteiger partial charge in [-0.25, -0.2) is 9.18 Å². The van der Waals surface area contributed by atoms with Crippen LogP contribution in [0.2, 0.25) is 0 Å². The highest BCUT2D eigenvalue weighted by atomic mass is 19.1. The number of nitrogens with zero attached hydrogens (tertiary/aromatic N) is 1. The van der Waals surface area contributed by atoms with Gasteiger partial charge in [0.15, 0.2) is 11.4 Å². The molecular weight excluding hydrogens is 371 g/mol. The van der Waals surface area contributed by atoms with E-state index in [9.17, 15) is 14.0 Å². The number of carbonyl (C=O) groups is 1. The van der Waals surface area contributed by atoms with Gasteiger partial charge in [0, 0.05) is 11.5 Å². The van der Waals surface area contributed by atoms with Gasteiger partial charge in [0.25, 0.3) is 0 Å². The van der Waals surface area contributed by atoms with Crippen molar-refractivity contribution in [2.75, 3.05) is 19.6 Å². The summed E-state index contributed by atoms with van der Waals surface area (Å²) in [6, 6.07) is 11.7. The molecule has 152 valence electrons. The molecule has 0 radical (unpaired) electrons. The van der Waals surface area contributed by atoms with E-state index in [1.165, 1.54) is 17.7 Å². The van der Waals surface area contributed by atoms with E-state index >= 15 is 0 Å². The maximum atomic E-state index is 13.0. The third-order valence-electron chi connectivity index (χ3n) is 5.76. The second-order valence-corrected chi connectivity index (χ2v) is 7.79. The molecule has 5 nitrogen and oxygen atoms in total. The second kappa shape index (κ2) is 8.74. The van der Waals surface area contributed by atoms with E-state index in [0.717, 1.165) is 57.3 Å². The summed E-state index contributed by atoms with van der Waals surface area (Å²) in [5, 5.41) is 0. The summed E-state index contributed by atoms with van der Waals surface area (Å²) in [6.45, 7) is 2.88. The largest absolute Gasteiger partial charge is 0.417 e. The predicted molar refractivity (Wildman–Crippen MR) is 110 cm³/mol. The standard InChI is InChI=1S/C23H25FN2O3/c24-19-7-5-17(6-8-19)22(27)18-10-13-26(14-11-18)12-2-1-3-16-4-9-20-21(15-16)29-23(28)25-20/h4-9,15,18H,1-3,10-14H2,(H,25,28). The molecule has 29 heavy (non-hydrogen) atoms. The molecule has 1 fully saturated rings. The summed E-state index contributed by atoms with van der Waals surface area (Å²) in [4.78, 5) is 28.9. The maximum absolute atomic E-state index is 13.0. The zero-order valence-corrected chi connectivity index (χ0v) is 16.3. The van der Waals surface area contributed by atoms with Crippen molar-refractivity contribution in [3.8, 4) is 0 Å². The number of halogens is 1. The lowest BCUT2D eigenvalue weighted by Gasteiger charge is -2.31. The van der Waals surface area contributed by atoms with E-state index in [4.69, 9.17) is 4.42 Å². The van der Waals surface area contributed by atoms with Crippen molar-refractivity contribution in [3.63, 3.8) is 0 Å². The van der Waals surface area contributed by atoms with Crippen LogP contribution in [-0.2, 0) is 6.42 Å².